The van der Waals surface area contributed by atoms with Gasteiger partial charge in [-0.2, -0.15) is 0 Å². The summed E-state index contributed by atoms with van der Waals surface area (Å²) in [6.45, 7) is 2.00. The molecule has 0 bridgehead atoms. The number of rotatable bonds is 0. The minimum absolute atomic E-state index is 2.00. The molecular formula is CH4F2O3. The summed E-state index contributed by atoms with van der Waals surface area (Å²) in [4.78, 5) is 8.00. The molecule has 0 heterocycles. The number of hydrogen-bond donors (Lipinski definition) is 2. The Morgan fingerprint density at radius 2 is 1.00 bits per heavy atom. The highest BCUT2D eigenvalue weighted by Gasteiger charge is 0.875. The number of carbonyl (C=O) groups is 1. The third kappa shape index (κ3) is 68.5. The molecule has 2 N–H and O–H groups in total. The van der Waals surface area contributed by atoms with Crippen molar-refractivity contribution in [3.05, 3.63) is 0 Å². The molecule has 0 aliphatic heterocycles. The molecule has 3 nitrogen and oxygen atoms in total. The van der Waals surface area contributed by atoms with Crippen molar-refractivity contribution in [2.45, 2.75) is 0 Å². The van der Waals surface area contributed by atoms with Crippen LogP contribution in [-0.2, 0) is 4.79 Å². The van der Waals surface area contributed by atoms with Gasteiger partial charge >= 0.3 is 0 Å². The van der Waals surface area contributed by atoms with Gasteiger partial charge in [0.1, 0.15) is 6.79 Å². The first kappa shape index (κ1) is 18.0. The highest BCUT2D eigenvalue weighted by atomic mass is 19.3. The maximum absolute atomic E-state index is 8.50. The van der Waals surface area contributed by atoms with Crippen LogP contribution in [0.15, 0.2) is 0 Å². The lowest BCUT2D eigenvalue weighted by atomic mass is 11.9. The molecule has 0 saturated carbocycles. The van der Waals surface area contributed by atoms with Gasteiger partial charge in [0, 0.05) is 0 Å². The summed E-state index contributed by atoms with van der Waals surface area (Å²) in [6, 6.07) is 0. The molecule has 0 radical (unpaired) electrons. The number of hydrogen-bond acceptors (Lipinski definition) is 3. The zero-order valence-electron chi connectivity index (χ0n) is 2.77. The molecule has 40 valence electrons. The molecule has 0 fully saturated rings. The quantitative estimate of drug-likeness (QED) is 0.435. The molecule has 0 aromatic rings. The fourth-order valence-corrected chi connectivity index (χ4v) is 0. The summed E-state index contributed by atoms with van der Waals surface area (Å²) >= 11 is 0. The van der Waals surface area contributed by atoms with Crippen molar-refractivity contribution < 1.29 is 24.5 Å². The van der Waals surface area contributed by atoms with Crippen LogP contribution >= 0.6 is 0 Å². The summed E-state index contributed by atoms with van der Waals surface area (Å²) in [6.07, 6.45) is 0. The Balaban J connectivity index is -0.0000000225. The standard InChI is InChI=1S/CH2O.2FHO/c3*1-2/h1H2;2*2H. The van der Waals surface area contributed by atoms with Crippen LogP contribution in [0.4, 0.5) is 9.05 Å². The average Bonchev–Trinajstić information content (AvgIpc) is 1.81. The summed E-state index contributed by atoms with van der Waals surface area (Å²) in [7, 11) is 0. The zero-order valence-corrected chi connectivity index (χ0v) is 2.77. The van der Waals surface area contributed by atoms with Gasteiger partial charge in [0.05, 0.1) is 0 Å². The van der Waals surface area contributed by atoms with Gasteiger partial charge in [0.2, 0.25) is 0 Å². The molecule has 0 aromatic carbocycles. The Morgan fingerprint density at radius 3 is 1.00 bits per heavy atom. The van der Waals surface area contributed by atoms with Crippen LogP contribution in [0.2, 0.25) is 0 Å². The molecular weight excluding hydrogens is 98.0 g/mol. The fourth-order valence-electron chi connectivity index (χ4n) is 0. The van der Waals surface area contributed by atoms with E-state index in [1.54, 1.807) is 0 Å². The van der Waals surface area contributed by atoms with Crippen molar-refractivity contribution in [3.8, 4) is 0 Å². The Morgan fingerprint density at radius 1 is 1.00 bits per heavy atom. The molecule has 0 amide bonds. The first-order valence-electron chi connectivity index (χ1n) is 0.627. The lowest BCUT2D eigenvalue weighted by Crippen LogP contribution is -0.996. The minimum Gasteiger partial charge on any atom is -0.307 e. The zero-order chi connectivity index (χ0) is 6.00. The van der Waals surface area contributed by atoms with E-state index >= 15 is 0 Å². The van der Waals surface area contributed by atoms with Crippen LogP contribution in [0.5, 0.6) is 0 Å². The lowest BCUT2D eigenvalue weighted by molar-refractivity contribution is -0.0979. The van der Waals surface area contributed by atoms with Crippen LogP contribution < -0.4 is 0 Å². The van der Waals surface area contributed by atoms with Gasteiger partial charge in [-0.15, -0.1) is 0 Å². The second-order valence-electron chi connectivity index (χ2n) is 0. The molecule has 0 spiro atoms. The van der Waals surface area contributed by atoms with E-state index in [0.29, 0.717) is 0 Å². The molecule has 0 saturated heterocycles. The molecule has 0 atom stereocenters. The smallest absolute Gasteiger partial charge is 0.106 e. The van der Waals surface area contributed by atoms with E-state index in [2.05, 4.69) is 0 Å². The van der Waals surface area contributed by atoms with Crippen LogP contribution in [0, 0.1) is 0 Å². The normalized spacial score (nSPS) is 2.67. The third-order valence-corrected chi connectivity index (χ3v) is 0. The predicted octanol–water partition coefficient (Wildman–Crippen LogP) is -0.458. The van der Waals surface area contributed by atoms with E-state index in [1.165, 1.54) is 0 Å². The first-order chi connectivity index (χ1) is 3.00. The molecule has 0 aromatic heterocycles. The summed E-state index contributed by atoms with van der Waals surface area (Å²) in [5.74, 6) is 0. The van der Waals surface area contributed by atoms with Crippen molar-refractivity contribution >= 4 is 6.79 Å². The van der Waals surface area contributed by atoms with Crippen molar-refractivity contribution in [2.24, 2.45) is 0 Å². The second-order valence-corrected chi connectivity index (χ2v) is 0. The number of carbonyl (C=O) groups excluding carboxylic acids is 1. The molecule has 0 aliphatic rings. The number of halogens is 2. The monoisotopic (exact) mass is 102 g/mol. The molecule has 0 unspecified atom stereocenters. The van der Waals surface area contributed by atoms with E-state index < -0.39 is 0 Å². The van der Waals surface area contributed by atoms with E-state index in [0.717, 1.165) is 0 Å². The van der Waals surface area contributed by atoms with Crippen molar-refractivity contribution in [1.29, 1.82) is 0 Å². The average molecular weight is 102 g/mol. The molecule has 0 rings (SSSR count). The Kier molecular flexibility index (Phi) is 525. The van der Waals surface area contributed by atoms with Gasteiger partial charge in [-0.25, -0.2) is 10.6 Å². The van der Waals surface area contributed by atoms with E-state index in [9.17, 15) is 0 Å². The van der Waals surface area contributed by atoms with E-state index in [4.69, 9.17) is 24.5 Å². The summed E-state index contributed by atoms with van der Waals surface area (Å²) < 4.78 is 17.0. The molecule has 6 heavy (non-hydrogen) atoms. The second kappa shape index (κ2) is 175. The van der Waals surface area contributed by atoms with Crippen LogP contribution in [0.1, 0.15) is 0 Å². The lowest BCUT2D eigenvalue weighted by Gasteiger charge is -1.13. The maximum atomic E-state index is 8.50. The van der Waals surface area contributed by atoms with E-state index in [1.807, 2.05) is 6.79 Å². The maximum Gasteiger partial charge on any atom is 0.106 e. The molecule has 0 aliphatic carbocycles. The van der Waals surface area contributed by atoms with Gasteiger partial charge in [-0.05, 0) is 0 Å². The van der Waals surface area contributed by atoms with Gasteiger partial charge in [-0.1, -0.05) is 9.05 Å². The van der Waals surface area contributed by atoms with Gasteiger partial charge in [-0.3, -0.25) is 0 Å². The fraction of sp³-hybridized carbons (Fsp3) is 0. The van der Waals surface area contributed by atoms with Crippen molar-refractivity contribution in [3.63, 3.8) is 0 Å². The molecule has 5 heteroatoms. The minimum atomic E-state index is 2.00. The van der Waals surface area contributed by atoms with Crippen molar-refractivity contribution in [1.82, 2.24) is 0 Å². The predicted molar refractivity (Wildman–Crippen MR) is 13.8 cm³/mol. The van der Waals surface area contributed by atoms with Gasteiger partial charge < -0.3 is 4.79 Å². The van der Waals surface area contributed by atoms with Crippen LogP contribution in [-0.4, -0.2) is 17.4 Å². The first-order valence-corrected chi connectivity index (χ1v) is 0.627. The van der Waals surface area contributed by atoms with Gasteiger partial charge in [0.15, 0.2) is 0 Å². The van der Waals surface area contributed by atoms with Gasteiger partial charge in [0.25, 0.3) is 0 Å². The SMILES string of the molecule is C=O.OF.OF. The highest BCUT2D eigenvalue weighted by molar-refractivity contribution is 5.10. The summed E-state index contributed by atoms with van der Waals surface area (Å²) in [5.41, 5.74) is 0. The van der Waals surface area contributed by atoms with Crippen molar-refractivity contribution in [2.75, 3.05) is 0 Å². The van der Waals surface area contributed by atoms with Crippen LogP contribution in [0.3, 0.4) is 0 Å². The van der Waals surface area contributed by atoms with Crippen LogP contribution in [0.25, 0.3) is 0 Å². The highest BCUT2D eigenvalue weighted by Crippen LogP contribution is 1.13. The third-order valence-electron chi connectivity index (χ3n) is 0. The van der Waals surface area contributed by atoms with E-state index in [-0.39, 0.29) is 0 Å². The largest absolute Gasteiger partial charge is 0.307 e. The Labute approximate surface area is 32.6 Å². The summed E-state index contributed by atoms with van der Waals surface area (Å²) in [5, 5.41) is 11.0. The topological polar surface area (TPSA) is 57.5 Å². The Bertz CT molecular complexity index is 8.75. The Hall–Kier alpha value is -0.550.